The number of likely N-dealkylation sites (N-methyl/N-ethyl adjacent to an activating group) is 1. The highest BCUT2D eigenvalue weighted by molar-refractivity contribution is 8.00. The molecule has 1 N–H and O–H groups in total. The van der Waals surface area contributed by atoms with E-state index in [1.807, 2.05) is 13.0 Å². The first kappa shape index (κ1) is 22.4. The number of para-hydroxylation sites is 2. The van der Waals surface area contributed by atoms with Gasteiger partial charge in [0.1, 0.15) is 5.75 Å². The highest BCUT2D eigenvalue weighted by Crippen LogP contribution is 2.33. The molecule has 0 radical (unpaired) electrons. The lowest BCUT2D eigenvalue weighted by molar-refractivity contribution is -0.133. The van der Waals surface area contributed by atoms with Crippen LogP contribution in [0.2, 0.25) is 10.0 Å². The highest BCUT2D eigenvalue weighted by Gasteiger charge is 2.23. The number of anilines is 1. The largest absolute Gasteiger partial charge is 0.495 e. The van der Waals surface area contributed by atoms with Crippen molar-refractivity contribution in [2.45, 2.75) is 24.0 Å². The molecule has 150 valence electrons. The summed E-state index contributed by atoms with van der Waals surface area (Å²) in [4.78, 5) is 27.5. The third-order valence-corrected chi connectivity index (χ3v) is 5.78. The van der Waals surface area contributed by atoms with Gasteiger partial charge in [-0.25, -0.2) is 0 Å². The second-order valence-electron chi connectivity index (χ2n) is 5.94. The zero-order valence-corrected chi connectivity index (χ0v) is 18.2. The van der Waals surface area contributed by atoms with Crippen molar-refractivity contribution < 1.29 is 14.3 Å². The van der Waals surface area contributed by atoms with Crippen molar-refractivity contribution >= 4 is 52.5 Å². The Morgan fingerprint density at radius 3 is 2.61 bits per heavy atom. The smallest absolute Gasteiger partial charge is 0.244 e. The number of thioether (sulfide) groups is 1. The molecule has 5 nitrogen and oxygen atoms in total. The number of carbonyl (C=O) groups is 2. The molecule has 0 spiro atoms. The summed E-state index contributed by atoms with van der Waals surface area (Å²) in [6.07, 6.45) is 0. The number of nitrogens with zero attached hydrogens (tertiary/aromatic N) is 1. The molecule has 2 rings (SSSR count). The van der Waals surface area contributed by atoms with E-state index in [2.05, 4.69) is 5.32 Å². The number of amides is 2. The Morgan fingerprint density at radius 2 is 1.93 bits per heavy atom. The minimum atomic E-state index is -0.421. The molecular formula is C20H22Cl2N2O3S. The average Bonchev–Trinajstić information content (AvgIpc) is 2.68. The summed E-state index contributed by atoms with van der Waals surface area (Å²) >= 11 is 13.5. The van der Waals surface area contributed by atoms with Crippen LogP contribution in [0.25, 0.3) is 0 Å². The SMILES string of the molecule is CCN(CC(=O)Nc1ccccc1OC)C(=O)C(C)Sc1cc(Cl)ccc1Cl. The molecule has 0 aromatic heterocycles. The Hall–Kier alpha value is -1.89. The van der Waals surface area contributed by atoms with Crippen LogP contribution in [0.3, 0.4) is 0 Å². The molecule has 2 aromatic rings. The van der Waals surface area contributed by atoms with E-state index in [9.17, 15) is 9.59 Å². The van der Waals surface area contributed by atoms with Crippen LogP contribution in [-0.4, -0.2) is 42.2 Å². The van der Waals surface area contributed by atoms with Gasteiger partial charge in [-0.3, -0.25) is 9.59 Å². The average molecular weight is 441 g/mol. The van der Waals surface area contributed by atoms with Gasteiger partial charge >= 0.3 is 0 Å². The predicted octanol–water partition coefficient (Wildman–Crippen LogP) is 4.97. The number of methoxy groups -OCH3 is 1. The van der Waals surface area contributed by atoms with Gasteiger partial charge in [-0.2, -0.15) is 0 Å². The first-order valence-corrected chi connectivity index (χ1v) is 10.3. The van der Waals surface area contributed by atoms with Crippen molar-refractivity contribution in [3.8, 4) is 5.75 Å². The number of hydrogen-bond acceptors (Lipinski definition) is 4. The van der Waals surface area contributed by atoms with Gasteiger partial charge in [0, 0.05) is 16.5 Å². The molecule has 1 unspecified atom stereocenters. The van der Waals surface area contributed by atoms with E-state index in [4.69, 9.17) is 27.9 Å². The summed E-state index contributed by atoms with van der Waals surface area (Å²) < 4.78 is 5.23. The van der Waals surface area contributed by atoms with E-state index in [1.54, 1.807) is 43.3 Å². The van der Waals surface area contributed by atoms with Gasteiger partial charge in [-0.05, 0) is 44.2 Å². The maximum atomic E-state index is 12.8. The van der Waals surface area contributed by atoms with Crippen molar-refractivity contribution in [1.29, 1.82) is 0 Å². The van der Waals surface area contributed by atoms with Crippen LogP contribution in [-0.2, 0) is 9.59 Å². The lowest BCUT2D eigenvalue weighted by Crippen LogP contribution is -2.41. The van der Waals surface area contributed by atoms with Crippen molar-refractivity contribution in [2.75, 3.05) is 25.5 Å². The molecule has 0 aliphatic rings. The van der Waals surface area contributed by atoms with Gasteiger partial charge in [-0.15, -0.1) is 11.8 Å². The van der Waals surface area contributed by atoms with Gasteiger partial charge < -0.3 is 15.0 Å². The summed E-state index contributed by atoms with van der Waals surface area (Å²) in [7, 11) is 1.53. The number of carbonyl (C=O) groups excluding carboxylic acids is 2. The summed E-state index contributed by atoms with van der Waals surface area (Å²) in [5.74, 6) is 0.112. The fraction of sp³-hybridized carbons (Fsp3) is 0.300. The minimum Gasteiger partial charge on any atom is -0.495 e. The van der Waals surface area contributed by atoms with Crippen LogP contribution < -0.4 is 10.1 Å². The lowest BCUT2D eigenvalue weighted by atomic mass is 10.3. The first-order valence-electron chi connectivity index (χ1n) is 8.69. The van der Waals surface area contributed by atoms with Crippen molar-refractivity contribution in [3.05, 3.63) is 52.5 Å². The van der Waals surface area contributed by atoms with Crippen molar-refractivity contribution in [1.82, 2.24) is 4.90 Å². The van der Waals surface area contributed by atoms with Crippen LogP contribution in [0, 0.1) is 0 Å². The quantitative estimate of drug-likeness (QED) is 0.588. The molecule has 0 fully saturated rings. The Kier molecular flexibility index (Phi) is 8.48. The van der Waals surface area contributed by atoms with E-state index < -0.39 is 5.25 Å². The van der Waals surface area contributed by atoms with E-state index >= 15 is 0 Å². The zero-order chi connectivity index (χ0) is 20.7. The molecule has 1 atom stereocenters. The van der Waals surface area contributed by atoms with Crippen LogP contribution in [0.4, 0.5) is 5.69 Å². The molecule has 28 heavy (non-hydrogen) atoms. The van der Waals surface area contributed by atoms with Gasteiger partial charge in [0.05, 0.1) is 29.6 Å². The standard InChI is InChI=1S/C20H22Cl2N2O3S/c1-4-24(12-19(25)23-16-7-5-6-8-17(16)27-3)20(26)13(2)28-18-11-14(21)9-10-15(18)22/h5-11,13H,4,12H2,1-3H3,(H,23,25). The van der Waals surface area contributed by atoms with Gasteiger partial charge in [0.2, 0.25) is 11.8 Å². The Balaban J connectivity index is 2.02. The molecule has 0 heterocycles. The Bertz CT molecular complexity index is 848. The second-order valence-corrected chi connectivity index (χ2v) is 8.16. The van der Waals surface area contributed by atoms with Gasteiger partial charge in [0.15, 0.2) is 0 Å². The molecule has 2 amide bonds. The zero-order valence-electron chi connectivity index (χ0n) is 15.9. The topological polar surface area (TPSA) is 58.6 Å². The molecule has 0 saturated heterocycles. The third kappa shape index (κ3) is 6.06. The van der Waals surface area contributed by atoms with Crippen molar-refractivity contribution in [2.24, 2.45) is 0 Å². The van der Waals surface area contributed by atoms with Crippen LogP contribution in [0.1, 0.15) is 13.8 Å². The lowest BCUT2D eigenvalue weighted by Gasteiger charge is -2.24. The third-order valence-electron chi connectivity index (χ3n) is 3.95. The maximum absolute atomic E-state index is 12.8. The number of benzene rings is 2. The monoisotopic (exact) mass is 440 g/mol. The number of halogens is 2. The summed E-state index contributed by atoms with van der Waals surface area (Å²) in [5, 5.41) is 3.45. The molecule has 0 aliphatic heterocycles. The van der Waals surface area contributed by atoms with E-state index in [0.29, 0.717) is 28.0 Å². The summed E-state index contributed by atoms with van der Waals surface area (Å²) in [6, 6.07) is 12.2. The van der Waals surface area contributed by atoms with E-state index in [1.165, 1.54) is 23.8 Å². The van der Waals surface area contributed by atoms with Crippen molar-refractivity contribution in [3.63, 3.8) is 0 Å². The number of ether oxygens (including phenoxy) is 1. The minimum absolute atomic E-state index is 0.0540. The van der Waals surface area contributed by atoms with Gasteiger partial charge in [0.25, 0.3) is 0 Å². The highest BCUT2D eigenvalue weighted by atomic mass is 35.5. The molecule has 2 aromatic carbocycles. The predicted molar refractivity (Wildman–Crippen MR) is 116 cm³/mol. The fourth-order valence-electron chi connectivity index (χ4n) is 2.52. The van der Waals surface area contributed by atoms with Crippen LogP contribution >= 0.6 is 35.0 Å². The van der Waals surface area contributed by atoms with E-state index in [-0.39, 0.29) is 18.4 Å². The molecule has 8 heteroatoms. The first-order chi connectivity index (χ1) is 13.3. The fourth-order valence-corrected chi connectivity index (χ4v) is 4.02. The number of rotatable bonds is 8. The second kappa shape index (κ2) is 10.6. The number of hydrogen-bond donors (Lipinski definition) is 1. The normalized spacial score (nSPS) is 11.6. The Labute approximate surface area is 179 Å². The molecule has 0 saturated carbocycles. The maximum Gasteiger partial charge on any atom is 0.244 e. The molecule has 0 bridgehead atoms. The van der Waals surface area contributed by atoms with Gasteiger partial charge in [-0.1, -0.05) is 35.3 Å². The number of nitrogens with one attached hydrogen (secondary N) is 1. The summed E-state index contributed by atoms with van der Waals surface area (Å²) in [5.41, 5.74) is 0.562. The van der Waals surface area contributed by atoms with Crippen LogP contribution in [0.15, 0.2) is 47.4 Å². The summed E-state index contributed by atoms with van der Waals surface area (Å²) in [6.45, 7) is 3.97. The van der Waals surface area contributed by atoms with E-state index in [0.717, 1.165) is 4.90 Å². The molecular weight excluding hydrogens is 419 g/mol. The molecule has 0 aliphatic carbocycles. The van der Waals surface area contributed by atoms with Crippen LogP contribution in [0.5, 0.6) is 5.75 Å². The Morgan fingerprint density at radius 1 is 1.21 bits per heavy atom.